The lowest BCUT2D eigenvalue weighted by molar-refractivity contribution is 0.0444. The molecule has 94 valence electrons. The fraction of sp³-hybridized carbons (Fsp3) is 0.125. The average Bonchev–Trinajstić information content (AvgIpc) is 2.74. The Morgan fingerprint density at radius 1 is 0.895 bits per heavy atom. The van der Waals surface area contributed by atoms with E-state index in [0.29, 0.717) is 11.1 Å². The van der Waals surface area contributed by atoms with Crippen molar-refractivity contribution in [1.82, 2.24) is 0 Å². The van der Waals surface area contributed by atoms with Gasteiger partial charge >= 0.3 is 11.9 Å². The highest BCUT2D eigenvalue weighted by atomic mass is 16.6. The molecule has 0 N–H and O–H groups in total. The van der Waals surface area contributed by atoms with Gasteiger partial charge in [-0.05, 0) is 35.2 Å². The van der Waals surface area contributed by atoms with Crippen molar-refractivity contribution in [3.8, 4) is 11.1 Å². The van der Waals surface area contributed by atoms with Crippen LogP contribution >= 0.6 is 0 Å². The molecular formula is C16H12O3. The van der Waals surface area contributed by atoms with Crippen LogP contribution in [0.2, 0.25) is 0 Å². The highest BCUT2D eigenvalue weighted by Gasteiger charge is 2.29. The van der Waals surface area contributed by atoms with E-state index in [1.165, 1.54) is 5.56 Å². The Bertz CT molecular complexity index is 686. The Balaban J connectivity index is 2.10. The number of benzene rings is 2. The quantitative estimate of drug-likeness (QED) is 0.608. The number of ether oxygens (including phenoxy) is 1. The first-order valence-electron chi connectivity index (χ1n) is 6.19. The van der Waals surface area contributed by atoms with E-state index in [1.807, 2.05) is 18.2 Å². The number of esters is 2. The van der Waals surface area contributed by atoms with Gasteiger partial charge in [0, 0.05) is 0 Å². The van der Waals surface area contributed by atoms with Crippen molar-refractivity contribution in [1.29, 1.82) is 0 Å². The van der Waals surface area contributed by atoms with Crippen LogP contribution in [0.15, 0.2) is 42.5 Å². The predicted molar refractivity (Wildman–Crippen MR) is 71.0 cm³/mol. The van der Waals surface area contributed by atoms with E-state index in [4.69, 9.17) is 0 Å². The topological polar surface area (TPSA) is 43.4 Å². The maximum atomic E-state index is 11.5. The Hall–Kier alpha value is -2.42. The zero-order valence-electron chi connectivity index (χ0n) is 10.5. The summed E-state index contributed by atoms with van der Waals surface area (Å²) >= 11 is 0. The van der Waals surface area contributed by atoms with E-state index in [0.717, 1.165) is 17.5 Å². The molecule has 1 aliphatic rings. The van der Waals surface area contributed by atoms with Gasteiger partial charge in [0.05, 0.1) is 11.1 Å². The number of fused-ring (bicyclic) bond motifs is 1. The first-order valence-corrected chi connectivity index (χ1v) is 6.19. The van der Waals surface area contributed by atoms with Gasteiger partial charge in [-0.15, -0.1) is 0 Å². The summed E-state index contributed by atoms with van der Waals surface area (Å²) in [7, 11) is 0. The summed E-state index contributed by atoms with van der Waals surface area (Å²) in [6.45, 7) is 2.10. The Morgan fingerprint density at radius 2 is 1.63 bits per heavy atom. The third kappa shape index (κ3) is 1.93. The second-order valence-electron chi connectivity index (χ2n) is 4.49. The third-order valence-electron chi connectivity index (χ3n) is 3.31. The monoisotopic (exact) mass is 252 g/mol. The summed E-state index contributed by atoms with van der Waals surface area (Å²) in [6.07, 6.45) is 0.958. The number of cyclic esters (lactones) is 2. The molecule has 0 aliphatic carbocycles. The predicted octanol–water partition coefficient (Wildman–Crippen LogP) is 3.23. The van der Waals surface area contributed by atoms with E-state index in [-0.39, 0.29) is 0 Å². The first kappa shape index (κ1) is 11.7. The summed E-state index contributed by atoms with van der Waals surface area (Å²) in [5.41, 5.74) is 3.89. The molecule has 0 atom stereocenters. The summed E-state index contributed by atoms with van der Waals surface area (Å²) < 4.78 is 4.59. The molecule has 0 spiro atoms. The molecule has 19 heavy (non-hydrogen) atoms. The van der Waals surface area contributed by atoms with Crippen molar-refractivity contribution in [2.45, 2.75) is 13.3 Å². The van der Waals surface area contributed by atoms with E-state index >= 15 is 0 Å². The Labute approximate surface area is 110 Å². The molecule has 0 unspecified atom stereocenters. The van der Waals surface area contributed by atoms with Gasteiger partial charge in [0.25, 0.3) is 0 Å². The van der Waals surface area contributed by atoms with E-state index < -0.39 is 11.9 Å². The van der Waals surface area contributed by atoms with Gasteiger partial charge in [0.2, 0.25) is 0 Å². The van der Waals surface area contributed by atoms with Crippen LogP contribution in [0, 0.1) is 0 Å². The molecule has 3 heteroatoms. The third-order valence-corrected chi connectivity index (χ3v) is 3.31. The van der Waals surface area contributed by atoms with Crippen molar-refractivity contribution >= 4 is 11.9 Å². The van der Waals surface area contributed by atoms with Crippen LogP contribution in [0.3, 0.4) is 0 Å². The number of rotatable bonds is 2. The largest absolute Gasteiger partial charge is 0.386 e. The molecular weight excluding hydrogens is 240 g/mol. The molecule has 0 amide bonds. The Kier molecular flexibility index (Phi) is 2.67. The van der Waals surface area contributed by atoms with E-state index in [9.17, 15) is 9.59 Å². The SMILES string of the molecule is CCc1cccc(-c2ccc3c(c2)C(=O)OC3=O)c1. The zero-order valence-corrected chi connectivity index (χ0v) is 10.5. The van der Waals surface area contributed by atoms with E-state index in [2.05, 4.69) is 23.8 Å². The van der Waals surface area contributed by atoms with E-state index in [1.54, 1.807) is 12.1 Å². The first-order chi connectivity index (χ1) is 9.19. The van der Waals surface area contributed by atoms with Crippen molar-refractivity contribution < 1.29 is 14.3 Å². The van der Waals surface area contributed by atoms with Crippen LogP contribution in [-0.2, 0) is 11.2 Å². The van der Waals surface area contributed by atoms with Crippen molar-refractivity contribution in [2.24, 2.45) is 0 Å². The fourth-order valence-corrected chi connectivity index (χ4v) is 2.24. The van der Waals surface area contributed by atoms with Gasteiger partial charge in [-0.3, -0.25) is 0 Å². The van der Waals surface area contributed by atoms with Crippen LogP contribution in [0.4, 0.5) is 0 Å². The molecule has 0 bridgehead atoms. The molecule has 0 fully saturated rings. The van der Waals surface area contributed by atoms with Crippen LogP contribution in [0.1, 0.15) is 33.2 Å². The number of aryl methyl sites for hydroxylation is 1. The normalized spacial score (nSPS) is 13.3. The molecule has 0 radical (unpaired) electrons. The minimum Gasteiger partial charge on any atom is -0.386 e. The lowest BCUT2D eigenvalue weighted by Crippen LogP contribution is -1.96. The van der Waals surface area contributed by atoms with Gasteiger partial charge in [0.1, 0.15) is 0 Å². The standard InChI is InChI=1S/C16H12O3/c1-2-10-4-3-5-11(8-10)12-6-7-13-14(9-12)16(18)19-15(13)17/h3-9H,2H2,1H3. The number of carbonyl (C=O) groups is 2. The number of carbonyl (C=O) groups excluding carboxylic acids is 2. The number of hydrogen-bond acceptors (Lipinski definition) is 3. The second-order valence-corrected chi connectivity index (χ2v) is 4.49. The summed E-state index contributed by atoms with van der Waals surface area (Å²) in [5, 5.41) is 0. The molecule has 1 heterocycles. The van der Waals surface area contributed by atoms with Crippen LogP contribution < -0.4 is 0 Å². The minimum absolute atomic E-state index is 0.348. The minimum atomic E-state index is -0.562. The molecule has 2 aromatic carbocycles. The molecule has 0 saturated heterocycles. The maximum absolute atomic E-state index is 11.5. The summed E-state index contributed by atoms with van der Waals surface area (Å²) in [4.78, 5) is 22.9. The highest BCUT2D eigenvalue weighted by molar-refractivity contribution is 6.15. The lowest BCUT2D eigenvalue weighted by atomic mass is 9.98. The maximum Gasteiger partial charge on any atom is 0.346 e. The average molecular weight is 252 g/mol. The second kappa shape index (κ2) is 4.35. The van der Waals surface area contributed by atoms with Gasteiger partial charge in [-0.2, -0.15) is 0 Å². The zero-order chi connectivity index (χ0) is 13.4. The van der Waals surface area contributed by atoms with Crippen molar-refractivity contribution in [3.05, 3.63) is 59.2 Å². The smallest absolute Gasteiger partial charge is 0.346 e. The lowest BCUT2D eigenvalue weighted by Gasteiger charge is -2.05. The number of hydrogen-bond donors (Lipinski definition) is 0. The highest BCUT2D eigenvalue weighted by Crippen LogP contribution is 2.27. The fourth-order valence-electron chi connectivity index (χ4n) is 2.24. The van der Waals surface area contributed by atoms with Gasteiger partial charge in [0.15, 0.2) is 0 Å². The molecule has 2 aromatic rings. The molecule has 3 nitrogen and oxygen atoms in total. The molecule has 1 aliphatic heterocycles. The molecule has 0 saturated carbocycles. The Morgan fingerprint density at radius 3 is 2.42 bits per heavy atom. The van der Waals surface area contributed by atoms with Gasteiger partial charge in [-0.1, -0.05) is 37.3 Å². The van der Waals surface area contributed by atoms with Crippen molar-refractivity contribution in [3.63, 3.8) is 0 Å². The molecule has 0 aromatic heterocycles. The molecule has 3 rings (SSSR count). The van der Waals surface area contributed by atoms with Gasteiger partial charge in [-0.25, -0.2) is 9.59 Å². The van der Waals surface area contributed by atoms with Gasteiger partial charge < -0.3 is 4.74 Å². The van der Waals surface area contributed by atoms with Crippen LogP contribution in [0.25, 0.3) is 11.1 Å². The van der Waals surface area contributed by atoms with Crippen LogP contribution in [-0.4, -0.2) is 11.9 Å². The summed E-state index contributed by atoms with van der Waals surface area (Å²) in [6, 6.07) is 13.3. The van der Waals surface area contributed by atoms with Crippen LogP contribution in [0.5, 0.6) is 0 Å². The summed E-state index contributed by atoms with van der Waals surface area (Å²) in [5.74, 6) is -1.12. The van der Waals surface area contributed by atoms with Crippen molar-refractivity contribution in [2.75, 3.05) is 0 Å².